The van der Waals surface area contributed by atoms with Crippen LogP contribution in [-0.2, 0) is 11.3 Å². The summed E-state index contributed by atoms with van der Waals surface area (Å²) < 4.78 is 1.65. The van der Waals surface area contributed by atoms with Gasteiger partial charge in [0.1, 0.15) is 6.54 Å². The minimum atomic E-state index is 0.0463. The van der Waals surface area contributed by atoms with Crippen molar-refractivity contribution >= 4 is 5.91 Å². The molecule has 0 radical (unpaired) electrons. The number of nitrogens with one attached hydrogen (secondary N) is 2. The van der Waals surface area contributed by atoms with Crippen molar-refractivity contribution in [1.29, 1.82) is 0 Å². The smallest absolute Gasteiger partial charge is 0.241 e. The molecule has 0 unspecified atom stereocenters. The molecule has 0 aliphatic carbocycles. The zero-order chi connectivity index (χ0) is 12.8. The molecule has 2 rings (SSSR count). The molecule has 1 aliphatic heterocycles. The molecule has 1 amide bonds. The van der Waals surface area contributed by atoms with Gasteiger partial charge in [0.2, 0.25) is 5.91 Å². The number of carbonyl (C=O) groups is 1. The quantitative estimate of drug-likeness (QED) is 0.812. The van der Waals surface area contributed by atoms with Crippen molar-refractivity contribution in [2.45, 2.75) is 32.7 Å². The van der Waals surface area contributed by atoms with E-state index in [4.69, 9.17) is 0 Å². The Morgan fingerprint density at radius 3 is 2.89 bits per heavy atom. The van der Waals surface area contributed by atoms with Crippen LogP contribution in [0.3, 0.4) is 0 Å². The summed E-state index contributed by atoms with van der Waals surface area (Å²) >= 11 is 0. The van der Waals surface area contributed by atoms with E-state index >= 15 is 0 Å². The first-order valence-corrected chi connectivity index (χ1v) is 6.69. The SMILES string of the molecule is CCC1(CNC(=O)Cn2cccn2)CCNCC1. The summed E-state index contributed by atoms with van der Waals surface area (Å²) in [5.74, 6) is 0.0463. The van der Waals surface area contributed by atoms with Gasteiger partial charge in [0, 0.05) is 18.9 Å². The monoisotopic (exact) mass is 250 g/mol. The van der Waals surface area contributed by atoms with Gasteiger partial charge in [-0.1, -0.05) is 6.92 Å². The summed E-state index contributed by atoms with van der Waals surface area (Å²) in [6, 6.07) is 1.83. The summed E-state index contributed by atoms with van der Waals surface area (Å²) in [7, 11) is 0. The molecular formula is C13H22N4O. The van der Waals surface area contributed by atoms with Crippen LogP contribution in [-0.4, -0.2) is 35.3 Å². The summed E-state index contributed by atoms with van der Waals surface area (Å²) in [4.78, 5) is 11.8. The van der Waals surface area contributed by atoms with E-state index in [1.807, 2.05) is 6.07 Å². The summed E-state index contributed by atoms with van der Waals surface area (Å²) in [6.07, 6.45) is 6.90. The number of hydrogen-bond acceptors (Lipinski definition) is 3. The van der Waals surface area contributed by atoms with Gasteiger partial charge in [-0.25, -0.2) is 0 Å². The Morgan fingerprint density at radius 1 is 1.50 bits per heavy atom. The number of piperidine rings is 1. The molecule has 100 valence electrons. The molecule has 2 N–H and O–H groups in total. The van der Waals surface area contributed by atoms with E-state index in [1.54, 1.807) is 17.1 Å². The molecule has 1 aromatic heterocycles. The lowest BCUT2D eigenvalue weighted by Crippen LogP contribution is -2.45. The van der Waals surface area contributed by atoms with Gasteiger partial charge in [0.25, 0.3) is 0 Å². The molecule has 5 nitrogen and oxygen atoms in total. The van der Waals surface area contributed by atoms with Crippen LogP contribution in [0.4, 0.5) is 0 Å². The van der Waals surface area contributed by atoms with E-state index in [0.717, 1.165) is 38.9 Å². The Balaban J connectivity index is 1.80. The van der Waals surface area contributed by atoms with Gasteiger partial charge in [0.05, 0.1) is 0 Å². The van der Waals surface area contributed by atoms with Crippen LogP contribution in [0.15, 0.2) is 18.5 Å². The maximum atomic E-state index is 11.8. The van der Waals surface area contributed by atoms with E-state index in [2.05, 4.69) is 22.7 Å². The van der Waals surface area contributed by atoms with Crippen LogP contribution in [0, 0.1) is 5.41 Å². The summed E-state index contributed by atoms with van der Waals surface area (Å²) in [5.41, 5.74) is 0.283. The molecule has 0 aromatic carbocycles. The maximum Gasteiger partial charge on any atom is 0.241 e. The Kier molecular flexibility index (Phi) is 4.36. The molecule has 1 fully saturated rings. The molecular weight excluding hydrogens is 228 g/mol. The number of amides is 1. The second kappa shape index (κ2) is 6.00. The highest BCUT2D eigenvalue weighted by atomic mass is 16.2. The van der Waals surface area contributed by atoms with E-state index in [0.29, 0.717) is 6.54 Å². The highest BCUT2D eigenvalue weighted by Crippen LogP contribution is 2.31. The average molecular weight is 250 g/mol. The zero-order valence-corrected chi connectivity index (χ0v) is 11.0. The molecule has 5 heteroatoms. The van der Waals surface area contributed by atoms with Gasteiger partial charge in [-0.15, -0.1) is 0 Å². The van der Waals surface area contributed by atoms with Crippen LogP contribution in [0.5, 0.6) is 0 Å². The van der Waals surface area contributed by atoms with Crippen molar-refractivity contribution in [2.75, 3.05) is 19.6 Å². The first-order valence-electron chi connectivity index (χ1n) is 6.69. The predicted molar refractivity (Wildman–Crippen MR) is 70.1 cm³/mol. The molecule has 2 heterocycles. The van der Waals surface area contributed by atoms with Crippen LogP contribution < -0.4 is 10.6 Å². The van der Waals surface area contributed by atoms with Gasteiger partial charge >= 0.3 is 0 Å². The Hall–Kier alpha value is -1.36. The lowest BCUT2D eigenvalue weighted by Gasteiger charge is -2.37. The first kappa shape index (κ1) is 13.1. The van der Waals surface area contributed by atoms with E-state index in [-0.39, 0.29) is 11.3 Å². The van der Waals surface area contributed by atoms with Crippen LogP contribution in [0.25, 0.3) is 0 Å². The lowest BCUT2D eigenvalue weighted by molar-refractivity contribution is -0.122. The number of rotatable bonds is 5. The first-order chi connectivity index (χ1) is 8.74. The lowest BCUT2D eigenvalue weighted by atomic mass is 9.76. The van der Waals surface area contributed by atoms with Crippen LogP contribution in [0.2, 0.25) is 0 Å². The molecule has 1 saturated heterocycles. The van der Waals surface area contributed by atoms with Crippen LogP contribution >= 0.6 is 0 Å². The summed E-state index contributed by atoms with van der Waals surface area (Å²) in [6.45, 7) is 5.42. The Bertz CT molecular complexity index is 368. The number of carbonyl (C=O) groups excluding carboxylic acids is 1. The Labute approximate surface area is 108 Å². The predicted octanol–water partition coefficient (Wildman–Crippen LogP) is 0.779. The standard InChI is InChI=1S/C13H22N4O/c1-2-13(4-7-14-8-5-13)11-15-12(18)10-17-9-3-6-16-17/h3,6,9,14H,2,4-5,7-8,10-11H2,1H3,(H,15,18). The van der Waals surface area contributed by atoms with Gasteiger partial charge in [-0.2, -0.15) is 5.10 Å². The fraction of sp³-hybridized carbons (Fsp3) is 0.692. The third-order valence-corrected chi connectivity index (χ3v) is 3.94. The molecule has 0 spiro atoms. The average Bonchev–Trinajstić information content (AvgIpc) is 2.90. The van der Waals surface area contributed by atoms with Crippen molar-refractivity contribution in [1.82, 2.24) is 20.4 Å². The van der Waals surface area contributed by atoms with Gasteiger partial charge in [-0.05, 0) is 43.8 Å². The van der Waals surface area contributed by atoms with Gasteiger partial charge < -0.3 is 10.6 Å². The minimum Gasteiger partial charge on any atom is -0.354 e. The third-order valence-electron chi connectivity index (χ3n) is 3.94. The molecule has 1 aromatic rings. The molecule has 0 atom stereocenters. The van der Waals surface area contributed by atoms with E-state index in [9.17, 15) is 4.79 Å². The van der Waals surface area contributed by atoms with Gasteiger partial charge in [-0.3, -0.25) is 9.48 Å². The van der Waals surface area contributed by atoms with Crippen molar-refractivity contribution in [3.8, 4) is 0 Å². The number of aromatic nitrogens is 2. The zero-order valence-electron chi connectivity index (χ0n) is 11.0. The number of hydrogen-bond donors (Lipinski definition) is 2. The molecule has 0 bridgehead atoms. The molecule has 0 saturated carbocycles. The fourth-order valence-corrected chi connectivity index (χ4v) is 2.50. The van der Waals surface area contributed by atoms with E-state index in [1.165, 1.54) is 0 Å². The number of nitrogens with zero attached hydrogens (tertiary/aromatic N) is 2. The van der Waals surface area contributed by atoms with E-state index < -0.39 is 0 Å². The van der Waals surface area contributed by atoms with Crippen molar-refractivity contribution in [3.63, 3.8) is 0 Å². The Morgan fingerprint density at radius 2 is 2.28 bits per heavy atom. The second-order valence-electron chi connectivity index (χ2n) is 5.08. The topological polar surface area (TPSA) is 59.0 Å². The molecule has 18 heavy (non-hydrogen) atoms. The summed E-state index contributed by atoms with van der Waals surface area (Å²) in [5, 5.41) is 10.5. The fourth-order valence-electron chi connectivity index (χ4n) is 2.50. The molecule has 1 aliphatic rings. The normalized spacial score (nSPS) is 18.5. The van der Waals surface area contributed by atoms with Crippen molar-refractivity contribution in [3.05, 3.63) is 18.5 Å². The highest BCUT2D eigenvalue weighted by Gasteiger charge is 2.30. The van der Waals surface area contributed by atoms with Crippen molar-refractivity contribution < 1.29 is 4.79 Å². The van der Waals surface area contributed by atoms with Crippen molar-refractivity contribution in [2.24, 2.45) is 5.41 Å². The minimum absolute atomic E-state index is 0.0463. The maximum absolute atomic E-state index is 11.8. The van der Waals surface area contributed by atoms with Gasteiger partial charge in [0.15, 0.2) is 0 Å². The highest BCUT2D eigenvalue weighted by molar-refractivity contribution is 5.75. The largest absolute Gasteiger partial charge is 0.354 e. The third kappa shape index (κ3) is 3.32. The second-order valence-corrected chi connectivity index (χ2v) is 5.08. The van der Waals surface area contributed by atoms with Crippen LogP contribution in [0.1, 0.15) is 26.2 Å².